The Morgan fingerprint density at radius 3 is 2.50 bits per heavy atom. The van der Waals surface area contributed by atoms with Gasteiger partial charge in [0, 0.05) is 38.9 Å². The van der Waals surface area contributed by atoms with E-state index in [2.05, 4.69) is 17.2 Å². The molecule has 168 valence electrons. The molecule has 0 aromatic rings. The molecule has 6 nitrogen and oxygen atoms in total. The first kappa shape index (κ1) is 22.9. The summed E-state index contributed by atoms with van der Waals surface area (Å²) in [6, 6.07) is 0. The molecule has 0 aromatic carbocycles. The second-order valence-electron chi connectivity index (χ2n) is 9.19. The van der Waals surface area contributed by atoms with Crippen LogP contribution in [0.3, 0.4) is 0 Å². The van der Waals surface area contributed by atoms with Crippen molar-refractivity contribution in [2.45, 2.75) is 83.8 Å². The van der Waals surface area contributed by atoms with Gasteiger partial charge in [0.1, 0.15) is 0 Å². The Morgan fingerprint density at radius 2 is 1.80 bits per heavy atom. The van der Waals surface area contributed by atoms with E-state index in [1.807, 2.05) is 18.7 Å². The standard InChI is InChI=1S/C24H38N2O4/c1-18(2)30-19-13-15-26(16-19)23(27)12-8-5-9-14-25-24(28)29-17-22-20-10-6-3-4-7-11-21(20)22/h18-22H,5-17H2,1-2H3,(H,25,28)/t19-,20-,21+,22?/m0/s1. The second kappa shape index (κ2) is 11.6. The Morgan fingerprint density at radius 1 is 1.07 bits per heavy atom. The minimum atomic E-state index is -0.310. The molecule has 1 saturated heterocycles. The van der Waals surface area contributed by atoms with Crippen LogP contribution in [-0.4, -0.2) is 55.3 Å². The maximum Gasteiger partial charge on any atom is 0.407 e. The summed E-state index contributed by atoms with van der Waals surface area (Å²) in [6.45, 7) is 6.73. The summed E-state index contributed by atoms with van der Waals surface area (Å²) in [6.07, 6.45) is 8.51. The second-order valence-corrected chi connectivity index (χ2v) is 9.19. The van der Waals surface area contributed by atoms with Crippen LogP contribution in [0.2, 0.25) is 0 Å². The maximum atomic E-state index is 12.3. The average molecular weight is 419 g/mol. The lowest BCUT2D eigenvalue weighted by Gasteiger charge is -2.18. The van der Waals surface area contributed by atoms with Gasteiger partial charge < -0.3 is 19.7 Å². The predicted molar refractivity (Wildman–Crippen MR) is 116 cm³/mol. The number of carbonyl (C=O) groups excluding carboxylic acids is 2. The minimum Gasteiger partial charge on any atom is -0.449 e. The number of alkyl carbamates (subject to hydrolysis) is 1. The number of carbonyl (C=O) groups is 2. The normalized spacial score (nSPS) is 27.5. The quantitative estimate of drug-likeness (QED) is 0.433. The number of nitrogens with one attached hydrogen (secondary N) is 1. The largest absolute Gasteiger partial charge is 0.449 e. The topological polar surface area (TPSA) is 67.9 Å². The Balaban J connectivity index is 1.17. The van der Waals surface area contributed by atoms with Crippen molar-refractivity contribution >= 4 is 12.0 Å². The number of ether oxygens (including phenoxy) is 2. The van der Waals surface area contributed by atoms with Crippen LogP contribution < -0.4 is 5.32 Å². The summed E-state index contributed by atoms with van der Waals surface area (Å²) >= 11 is 0. The molecular formula is C24H38N2O4. The highest BCUT2D eigenvalue weighted by Gasteiger charge is 2.49. The Kier molecular flexibility index (Phi) is 8.87. The molecule has 1 N–H and O–H groups in total. The van der Waals surface area contributed by atoms with Gasteiger partial charge in [0.15, 0.2) is 0 Å². The summed E-state index contributed by atoms with van der Waals surface area (Å²) in [5.41, 5.74) is 0. The van der Waals surface area contributed by atoms with Gasteiger partial charge in [-0.05, 0) is 63.7 Å². The van der Waals surface area contributed by atoms with Crippen LogP contribution in [-0.2, 0) is 14.3 Å². The summed E-state index contributed by atoms with van der Waals surface area (Å²) in [7, 11) is 0. The molecule has 0 aromatic heterocycles. The molecule has 0 spiro atoms. The molecule has 1 saturated carbocycles. The molecule has 6 heteroatoms. The van der Waals surface area contributed by atoms with Crippen LogP contribution in [0.15, 0.2) is 0 Å². The Labute approximate surface area is 181 Å². The maximum absolute atomic E-state index is 12.3. The van der Waals surface area contributed by atoms with Crippen molar-refractivity contribution in [1.29, 1.82) is 0 Å². The third-order valence-electron chi connectivity index (χ3n) is 6.55. The van der Waals surface area contributed by atoms with E-state index in [1.165, 1.54) is 0 Å². The van der Waals surface area contributed by atoms with Gasteiger partial charge in [-0.1, -0.05) is 6.42 Å². The molecule has 2 fully saturated rings. The lowest BCUT2D eigenvalue weighted by atomic mass is 10.1. The molecule has 2 aliphatic carbocycles. The molecule has 2 amide bonds. The first-order chi connectivity index (χ1) is 14.5. The number of nitrogens with zero attached hydrogens (tertiary/aromatic N) is 1. The molecule has 30 heavy (non-hydrogen) atoms. The fourth-order valence-electron chi connectivity index (χ4n) is 4.88. The van der Waals surface area contributed by atoms with Crippen molar-refractivity contribution in [1.82, 2.24) is 10.2 Å². The summed E-state index contributed by atoms with van der Waals surface area (Å²) in [4.78, 5) is 26.1. The third-order valence-corrected chi connectivity index (χ3v) is 6.55. The SMILES string of the molecule is CC(C)O[C@H]1CCN(C(=O)CCCCCNC(=O)OCC2[C@H]3CCC#CCC[C@@H]23)C1. The zero-order chi connectivity index (χ0) is 21.3. The minimum absolute atomic E-state index is 0.186. The number of fused-ring (bicyclic) bond motifs is 1. The van der Waals surface area contributed by atoms with Crippen LogP contribution >= 0.6 is 0 Å². The number of hydrogen-bond donors (Lipinski definition) is 1. The zero-order valence-corrected chi connectivity index (χ0v) is 18.7. The number of rotatable bonds is 10. The molecule has 0 radical (unpaired) electrons. The number of amides is 2. The molecule has 4 atom stereocenters. The van der Waals surface area contributed by atoms with Crippen LogP contribution in [0.25, 0.3) is 0 Å². The fraction of sp³-hybridized carbons (Fsp3) is 0.833. The van der Waals surface area contributed by atoms with Gasteiger partial charge in [0.2, 0.25) is 5.91 Å². The fourth-order valence-corrected chi connectivity index (χ4v) is 4.88. The molecule has 1 unspecified atom stereocenters. The van der Waals surface area contributed by atoms with Crippen molar-refractivity contribution < 1.29 is 19.1 Å². The lowest BCUT2D eigenvalue weighted by molar-refractivity contribution is -0.131. The first-order valence-electron chi connectivity index (χ1n) is 11.8. The van der Waals surface area contributed by atoms with Gasteiger partial charge >= 0.3 is 6.09 Å². The number of likely N-dealkylation sites (tertiary alicyclic amines) is 1. The van der Waals surface area contributed by atoms with Gasteiger partial charge in [-0.2, -0.15) is 0 Å². The highest BCUT2D eigenvalue weighted by atomic mass is 16.5. The van der Waals surface area contributed by atoms with E-state index in [0.717, 1.165) is 64.5 Å². The van der Waals surface area contributed by atoms with E-state index in [9.17, 15) is 9.59 Å². The molecule has 1 heterocycles. The molecule has 3 aliphatic rings. The highest BCUT2D eigenvalue weighted by molar-refractivity contribution is 5.76. The lowest BCUT2D eigenvalue weighted by Crippen LogP contribution is -2.30. The summed E-state index contributed by atoms with van der Waals surface area (Å²) < 4.78 is 11.2. The van der Waals surface area contributed by atoms with E-state index in [0.29, 0.717) is 37.3 Å². The van der Waals surface area contributed by atoms with E-state index in [4.69, 9.17) is 9.47 Å². The van der Waals surface area contributed by atoms with Crippen LogP contribution in [0.5, 0.6) is 0 Å². The first-order valence-corrected chi connectivity index (χ1v) is 11.8. The zero-order valence-electron chi connectivity index (χ0n) is 18.7. The predicted octanol–water partition coefficient (Wildman–Crippen LogP) is 3.74. The summed E-state index contributed by atoms with van der Waals surface area (Å²) in [5, 5.41) is 2.84. The van der Waals surface area contributed by atoms with Crippen molar-refractivity contribution in [3.63, 3.8) is 0 Å². The van der Waals surface area contributed by atoms with Crippen molar-refractivity contribution in [2.24, 2.45) is 17.8 Å². The van der Waals surface area contributed by atoms with Crippen LogP contribution in [0.4, 0.5) is 4.79 Å². The van der Waals surface area contributed by atoms with Crippen molar-refractivity contribution in [3.8, 4) is 11.8 Å². The number of hydrogen-bond acceptors (Lipinski definition) is 4. The average Bonchev–Trinajstić information content (AvgIpc) is 3.09. The van der Waals surface area contributed by atoms with E-state index < -0.39 is 0 Å². The van der Waals surface area contributed by atoms with Crippen molar-refractivity contribution in [3.05, 3.63) is 0 Å². The third kappa shape index (κ3) is 7.19. The molecule has 0 bridgehead atoms. The van der Waals surface area contributed by atoms with E-state index in [-0.39, 0.29) is 24.2 Å². The van der Waals surface area contributed by atoms with Crippen molar-refractivity contribution in [2.75, 3.05) is 26.2 Å². The molecule has 1 aliphatic heterocycles. The molecule has 3 rings (SSSR count). The Hall–Kier alpha value is -1.74. The highest BCUT2D eigenvalue weighted by Crippen LogP contribution is 2.52. The van der Waals surface area contributed by atoms with Gasteiger partial charge in [-0.15, -0.1) is 11.8 Å². The number of unbranched alkanes of at least 4 members (excludes halogenated alkanes) is 2. The monoisotopic (exact) mass is 418 g/mol. The summed E-state index contributed by atoms with van der Waals surface area (Å²) in [5.74, 6) is 8.57. The van der Waals surface area contributed by atoms with Gasteiger partial charge in [0.05, 0.1) is 18.8 Å². The van der Waals surface area contributed by atoms with Gasteiger partial charge in [0.25, 0.3) is 0 Å². The van der Waals surface area contributed by atoms with E-state index >= 15 is 0 Å². The van der Waals surface area contributed by atoms with Crippen LogP contribution in [0, 0.1) is 29.6 Å². The molecular weight excluding hydrogens is 380 g/mol. The van der Waals surface area contributed by atoms with E-state index in [1.54, 1.807) is 0 Å². The van der Waals surface area contributed by atoms with Crippen LogP contribution in [0.1, 0.15) is 71.6 Å². The van der Waals surface area contributed by atoms with Gasteiger partial charge in [-0.25, -0.2) is 4.79 Å². The van der Waals surface area contributed by atoms with Gasteiger partial charge in [-0.3, -0.25) is 4.79 Å². The smallest absolute Gasteiger partial charge is 0.407 e. The Bertz CT molecular complexity index is 621.